The molecule has 0 atom stereocenters. The second kappa shape index (κ2) is 9.73. The third kappa shape index (κ3) is 4.92. The first-order chi connectivity index (χ1) is 19.1. The topological polar surface area (TPSA) is 74.6 Å². The molecule has 1 amide bonds. The first-order valence-electron chi connectivity index (χ1n) is 13.2. The Hall–Kier alpha value is -4.27. The fraction of sp³-hybridized carbons (Fsp3) is 0.290. The molecular weight excluding hydrogens is 519 g/mol. The number of amides is 1. The van der Waals surface area contributed by atoms with Gasteiger partial charge >= 0.3 is 12.1 Å². The normalized spacial score (nSPS) is 16.0. The van der Waals surface area contributed by atoms with Gasteiger partial charge in [0.25, 0.3) is 5.91 Å². The minimum Gasteiger partial charge on any atom is -0.478 e. The molecule has 4 aromatic rings. The Labute approximate surface area is 229 Å². The van der Waals surface area contributed by atoms with Crippen molar-refractivity contribution < 1.29 is 27.9 Å². The van der Waals surface area contributed by atoms with Crippen LogP contribution in [0.4, 0.5) is 18.9 Å². The van der Waals surface area contributed by atoms with Crippen LogP contribution in [-0.4, -0.2) is 34.6 Å². The number of rotatable bonds is 7. The molecule has 9 heteroatoms. The number of fused-ring (bicyclic) bond motifs is 1. The average Bonchev–Trinajstić information content (AvgIpc) is 3.27. The molecule has 6 nitrogen and oxygen atoms in total. The van der Waals surface area contributed by atoms with Crippen LogP contribution in [-0.2, 0) is 19.3 Å². The summed E-state index contributed by atoms with van der Waals surface area (Å²) < 4.78 is 41.0. The molecule has 2 heterocycles. The predicted octanol–water partition coefficient (Wildman–Crippen LogP) is 6.33. The maximum absolute atomic E-state index is 13.6. The van der Waals surface area contributed by atoms with Gasteiger partial charge in [0, 0.05) is 48.9 Å². The van der Waals surface area contributed by atoms with Gasteiger partial charge in [-0.3, -0.25) is 4.79 Å². The number of anilines is 1. The Balaban J connectivity index is 1.29. The number of aromatic nitrogens is 1. The summed E-state index contributed by atoms with van der Waals surface area (Å²) in [7, 11) is 0. The van der Waals surface area contributed by atoms with Crippen LogP contribution in [0, 0.1) is 5.41 Å². The number of alkyl halides is 3. The zero-order chi connectivity index (χ0) is 28.1. The molecule has 1 saturated carbocycles. The van der Waals surface area contributed by atoms with Gasteiger partial charge in [-0.2, -0.15) is 13.2 Å². The van der Waals surface area contributed by atoms with E-state index in [1.54, 1.807) is 12.1 Å². The van der Waals surface area contributed by atoms with Crippen molar-refractivity contribution in [2.45, 2.75) is 38.5 Å². The van der Waals surface area contributed by atoms with E-state index in [9.17, 15) is 22.8 Å². The van der Waals surface area contributed by atoms with E-state index in [0.717, 1.165) is 41.9 Å². The summed E-state index contributed by atoms with van der Waals surface area (Å²) in [5, 5.41) is 13.0. The number of aromatic carboxylic acids is 1. The minimum absolute atomic E-state index is 0.171. The van der Waals surface area contributed by atoms with E-state index >= 15 is 0 Å². The second-order valence-corrected chi connectivity index (χ2v) is 11.0. The number of nitrogens with one attached hydrogen (secondary N) is 1. The third-order valence-corrected chi connectivity index (χ3v) is 8.21. The van der Waals surface area contributed by atoms with E-state index in [0.29, 0.717) is 28.6 Å². The highest BCUT2D eigenvalue weighted by Gasteiger charge is 2.47. The largest absolute Gasteiger partial charge is 0.478 e. The average molecular weight is 548 g/mol. The fourth-order valence-electron chi connectivity index (χ4n) is 5.80. The number of carbonyl (C=O) groups is 2. The fourth-order valence-corrected chi connectivity index (χ4v) is 5.80. The summed E-state index contributed by atoms with van der Waals surface area (Å²) in [6.07, 6.45) is 1.20. The van der Waals surface area contributed by atoms with Crippen LogP contribution in [0.15, 0.2) is 72.9 Å². The van der Waals surface area contributed by atoms with E-state index in [4.69, 9.17) is 5.11 Å². The summed E-state index contributed by atoms with van der Waals surface area (Å²) in [6, 6.07) is 17.3. The van der Waals surface area contributed by atoms with E-state index in [1.807, 2.05) is 22.9 Å². The van der Waals surface area contributed by atoms with Crippen molar-refractivity contribution >= 4 is 28.5 Å². The van der Waals surface area contributed by atoms with E-state index in [-0.39, 0.29) is 18.0 Å². The molecule has 0 bridgehead atoms. The molecule has 6 rings (SSSR count). The summed E-state index contributed by atoms with van der Waals surface area (Å²) in [5.41, 5.74) is 3.51. The highest BCUT2D eigenvalue weighted by molar-refractivity contribution is 6.07. The summed E-state index contributed by atoms with van der Waals surface area (Å²) in [6.45, 7) is 2.48. The van der Waals surface area contributed by atoms with Crippen LogP contribution in [0.5, 0.6) is 0 Å². The lowest BCUT2D eigenvalue weighted by molar-refractivity contribution is -0.137. The lowest BCUT2D eigenvalue weighted by Crippen LogP contribution is -2.59. The highest BCUT2D eigenvalue weighted by Crippen LogP contribution is 2.49. The van der Waals surface area contributed by atoms with E-state index < -0.39 is 17.7 Å². The molecule has 2 fully saturated rings. The maximum atomic E-state index is 13.6. The van der Waals surface area contributed by atoms with Crippen molar-refractivity contribution in [3.05, 3.63) is 101 Å². The van der Waals surface area contributed by atoms with Crippen LogP contribution in [0.3, 0.4) is 0 Å². The van der Waals surface area contributed by atoms with Crippen LogP contribution in [0.1, 0.15) is 56.7 Å². The lowest BCUT2D eigenvalue weighted by atomic mass is 9.63. The van der Waals surface area contributed by atoms with Gasteiger partial charge in [0.05, 0.1) is 22.2 Å². The number of halogens is 3. The molecule has 2 N–H and O–H groups in total. The van der Waals surface area contributed by atoms with E-state index in [1.165, 1.54) is 43.5 Å². The quantitative estimate of drug-likeness (QED) is 0.284. The lowest BCUT2D eigenvalue weighted by Gasteiger charge is -2.57. The number of hydrogen-bond donors (Lipinski definition) is 2. The smallest absolute Gasteiger partial charge is 0.416 e. The number of benzene rings is 3. The van der Waals surface area contributed by atoms with Gasteiger partial charge in [-0.15, -0.1) is 0 Å². The monoisotopic (exact) mass is 547 g/mol. The number of carboxylic acids is 1. The van der Waals surface area contributed by atoms with E-state index in [2.05, 4.69) is 16.3 Å². The molecule has 1 saturated heterocycles. The SMILES string of the molecule is O=C(O)c1ccc(CNC(=O)c2cc(N3CC4(CCC4)C3)cc3ccn(Cc4ccc(C(F)(F)F)cc4)c23)cc1. The van der Waals surface area contributed by atoms with Crippen molar-refractivity contribution in [2.75, 3.05) is 18.0 Å². The third-order valence-electron chi connectivity index (χ3n) is 8.21. The molecule has 1 aromatic heterocycles. The highest BCUT2D eigenvalue weighted by atomic mass is 19.4. The predicted molar refractivity (Wildman–Crippen MR) is 146 cm³/mol. The minimum atomic E-state index is -4.40. The molecule has 206 valence electrons. The zero-order valence-corrected chi connectivity index (χ0v) is 21.7. The Bertz CT molecular complexity index is 1580. The van der Waals surface area contributed by atoms with Gasteiger partial charge in [0.1, 0.15) is 0 Å². The van der Waals surface area contributed by atoms with Crippen LogP contribution >= 0.6 is 0 Å². The van der Waals surface area contributed by atoms with Crippen molar-refractivity contribution in [1.82, 2.24) is 9.88 Å². The van der Waals surface area contributed by atoms with Gasteiger partial charge in [-0.25, -0.2) is 4.79 Å². The molecule has 0 unspecified atom stereocenters. The molecule has 40 heavy (non-hydrogen) atoms. The number of carboxylic acid groups (broad SMARTS) is 1. The maximum Gasteiger partial charge on any atom is 0.416 e. The van der Waals surface area contributed by atoms with Crippen LogP contribution in [0.25, 0.3) is 10.9 Å². The molecule has 3 aromatic carbocycles. The molecule has 1 aliphatic heterocycles. The molecule has 2 aliphatic rings. The Morgan fingerprint density at radius 1 is 0.925 bits per heavy atom. The number of nitrogens with zero attached hydrogens (tertiary/aromatic N) is 2. The Morgan fingerprint density at radius 2 is 1.60 bits per heavy atom. The summed E-state index contributed by atoms with van der Waals surface area (Å²) >= 11 is 0. The Kier molecular flexibility index (Phi) is 6.32. The number of hydrogen-bond acceptors (Lipinski definition) is 3. The van der Waals surface area contributed by atoms with Crippen molar-refractivity contribution in [1.29, 1.82) is 0 Å². The standard InChI is InChI=1S/C31H28F3N3O3/c32-31(33,34)24-8-4-21(5-9-24)17-36-13-10-23-14-25(37-18-30(19-37)11-1-12-30)15-26(27(23)36)28(38)35-16-20-2-6-22(7-3-20)29(39)40/h2-10,13-15H,1,11-12,16-19H2,(H,35,38)(H,39,40). The van der Waals surface area contributed by atoms with Crippen molar-refractivity contribution in [3.8, 4) is 0 Å². The van der Waals surface area contributed by atoms with Crippen LogP contribution < -0.4 is 10.2 Å². The second-order valence-electron chi connectivity index (χ2n) is 11.0. The van der Waals surface area contributed by atoms with Gasteiger partial charge in [0.15, 0.2) is 0 Å². The molecular formula is C31H28F3N3O3. The van der Waals surface area contributed by atoms with Gasteiger partial charge in [-0.05, 0) is 66.4 Å². The zero-order valence-electron chi connectivity index (χ0n) is 21.7. The van der Waals surface area contributed by atoms with Gasteiger partial charge < -0.3 is 19.9 Å². The molecule has 1 spiro atoms. The molecule has 1 aliphatic carbocycles. The number of carbonyl (C=O) groups excluding carboxylic acids is 1. The first kappa shape index (κ1) is 26.0. The van der Waals surface area contributed by atoms with Gasteiger partial charge in [-0.1, -0.05) is 30.7 Å². The van der Waals surface area contributed by atoms with Crippen LogP contribution in [0.2, 0.25) is 0 Å². The molecule has 0 radical (unpaired) electrons. The van der Waals surface area contributed by atoms with Crippen molar-refractivity contribution in [3.63, 3.8) is 0 Å². The first-order valence-corrected chi connectivity index (χ1v) is 13.2. The summed E-state index contributed by atoms with van der Waals surface area (Å²) in [4.78, 5) is 27.0. The van der Waals surface area contributed by atoms with Crippen molar-refractivity contribution in [2.24, 2.45) is 5.41 Å². The Morgan fingerprint density at radius 3 is 2.20 bits per heavy atom. The van der Waals surface area contributed by atoms with Gasteiger partial charge in [0.2, 0.25) is 0 Å². The summed E-state index contributed by atoms with van der Waals surface area (Å²) in [5.74, 6) is -1.29.